The lowest BCUT2D eigenvalue weighted by atomic mass is 9.82. The molecule has 1 aromatic rings. The van der Waals surface area contributed by atoms with Gasteiger partial charge < -0.3 is 0 Å². The number of allylic oxidation sites excluding steroid dienone is 8. The van der Waals surface area contributed by atoms with Crippen LogP contribution in [0.3, 0.4) is 0 Å². The molecule has 2 heteroatoms. The summed E-state index contributed by atoms with van der Waals surface area (Å²) >= 11 is 0. The van der Waals surface area contributed by atoms with Crippen LogP contribution in [0.2, 0.25) is 0 Å². The van der Waals surface area contributed by atoms with Crippen molar-refractivity contribution < 1.29 is 9.59 Å². The second-order valence-electron chi connectivity index (χ2n) is 8.31. The first-order chi connectivity index (χ1) is 13.6. The van der Waals surface area contributed by atoms with E-state index < -0.39 is 0 Å². The zero-order valence-electron chi connectivity index (χ0n) is 16.6. The molecule has 0 heterocycles. The molecule has 2 nitrogen and oxygen atoms in total. The number of Topliss-reactive ketones (excluding diaryl/α,β-unsaturated/α-hetero) is 2. The Morgan fingerprint density at radius 2 is 1.75 bits per heavy atom. The highest BCUT2D eigenvalue weighted by atomic mass is 16.1. The average Bonchev–Trinajstić information content (AvgIpc) is 3.46. The van der Waals surface area contributed by atoms with Gasteiger partial charge in [0.25, 0.3) is 0 Å². The Bertz CT molecular complexity index is 872. The minimum absolute atomic E-state index is 0.0262. The molecular weight excluding hydrogens is 344 g/mol. The fourth-order valence-corrected chi connectivity index (χ4v) is 4.78. The summed E-state index contributed by atoms with van der Waals surface area (Å²) in [7, 11) is 0. The lowest BCUT2D eigenvalue weighted by molar-refractivity contribution is -0.122. The molecule has 2 atom stereocenters. The fraction of sp³-hybridized carbons (Fsp3) is 0.385. The van der Waals surface area contributed by atoms with Crippen molar-refractivity contribution in [3.8, 4) is 0 Å². The molecule has 0 aromatic heterocycles. The molecule has 1 aromatic carbocycles. The summed E-state index contributed by atoms with van der Waals surface area (Å²) in [5, 5.41) is 0. The van der Waals surface area contributed by atoms with Crippen LogP contribution in [0.1, 0.15) is 54.9 Å². The molecule has 0 fully saturated rings. The Labute approximate surface area is 167 Å². The van der Waals surface area contributed by atoms with E-state index in [2.05, 4.69) is 36.5 Å². The van der Waals surface area contributed by atoms with Gasteiger partial charge in [-0.05, 0) is 56.4 Å². The van der Waals surface area contributed by atoms with Crippen LogP contribution in [-0.2, 0) is 11.2 Å². The highest BCUT2D eigenvalue weighted by Gasteiger charge is 2.36. The van der Waals surface area contributed by atoms with Gasteiger partial charge in [0.1, 0.15) is 5.78 Å². The summed E-state index contributed by atoms with van der Waals surface area (Å²) in [5.41, 5.74) is 4.76. The first-order valence-electron chi connectivity index (χ1n) is 10.5. The van der Waals surface area contributed by atoms with Crippen molar-refractivity contribution >= 4 is 11.6 Å². The van der Waals surface area contributed by atoms with Crippen LogP contribution in [0.15, 0.2) is 71.9 Å². The van der Waals surface area contributed by atoms with E-state index in [-0.39, 0.29) is 11.7 Å². The molecule has 0 bridgehead atoms. The predicted octanol–water partition coefficient (Wildman–Crippen LogP) is 5.81. The third kappa shape index (κ3) is 4.01. The van der Waals surface area contributed by atoms with Crippen molar-refractivity contribution in [2.75, 3.05) is 0 Å². The predicted molar refractivity (Wildman–Crippen MR) is 113 cm³/mol. The number of benzene rings is 1. The van der Waals surface area contributed by atoms with Gasteiger partial charge in [-0.3, -0.25) is 9.59 Å². The van der Waals surface area contributed by atoms with Crippen LogP contribution in [0.5, 0.6) is 0 Å². The first-order valence-corrected chi connectivity index (χ1v) is 10.5. The minimum Gasteiger partial charge on any atom is -0.299 e. The standard InChI is InChI=1S/C26H28O2/c1-18(27)20-13-10-19(11-14-20)12-15-26(28)25-17-23(21-6-2-3-7-21)16-24(25)22-8-4-5-9-22/h2-5,8,10-11,13-14,17,21,24-25H,6-7,9,12,15-16H2,1H3. The van der Waals surface area contributed by atoms with Gasteiger partial charge in [-0.1, -0.05) is 71.9 Å². The topological polar surface area (TPSA) is 34.1 Å². The summed E-state index contributed by atoms with van der Waals surface area (Å²) in [6.45, 7) is 1.58. The van der Waals surface area contributed by atoms with Crippen LogP contribution in [0, 0.1) is 17.8 Å². The quantitative estimate of drug-likeness (QED) is 0.447. The van der Waals surface area contributed by atoms with Crippen molar-refractivity contribution in [1.29, 1.82) is 0 Å². The van der Waals surface area contributed by atoms with E-state index in [1.54, 1.807) is 6.92 Å². The molecule has 0 saturated heterocycles. The van der Waals surface area contributed by atoms with E-state index in [9.17, 15) is 9.59 Å². The second kappa shape index (κ2) is 8.26. The van der Waals surface area contributed by atoms with Crippen LogP contribution < -0.4 is 0 Å². The third-order valence-corrected chi connectivity index (χ3v) is 6.48. The molecule has 0 amide bonds. The lowest BCUT2D eigenvalue weighted by Crippen LogP contribution is -2.20. The molecule has 4 rings (SSSR count). The maximum atomic E-state index is 13.2. The van der Waals surface area contributed by atoms with Crippen molar-refractivity contribution in [3.05, 3.63) is 83.0 Å². The van der Waals surface area contributed by atoms with Gasteiger partial charge in [-0.2, -0.15) is 0 Å². The van der Waals surface area contributed by atoms with Crippen LogP contribution in [-0.4, -0.2) is 11.6 Å². The SMILES string of the molecule is CC(=O)c1ccc(CCC(=O)C2C=C(C3CC=CC3)CC2C2=CC=CC2)cc1. The number of aryl methyl sites for hydroxylation is 1. The van der Waals surface area contributed by atoms with Crippen molar-refractivity contribution in [2.24, 2.45) is 17.8 Å². The molecule has 0 saturated carbocycles. The number of hydrogen-bond acceptors (Lipinski definition) is 2. The van der Waals surface area contributed by atoms with Crippen LogP contribution in [0.25, 0.3) is 0 Å². The van der Waals surface area contributed by atoms with Crippen molar-refractivity contribution in [3.63, 3.8) is 0 Å². The largest absolute Gasteiger partial charge is 0.299 e. The fourth-order valence-electron chi connectivity index (χ4n) is 4.78. The van der Waals surface area contributed by atoms with Gasteiger partial charge in [-0.15, -0.1) is 0 Å². The number of rotatable bonds is 7. The third-order valence-electron chi connectivity index (χ3n) is 6.48. The van der Waals surface area contributed by atoms with Gasteiger partial charge in [0.15, 0.2) is 5.78 Å². The van der Waals surface area contributed by atoms with E-state index in [1.165, 1.54) is 11.1 Å². The second-order valence-corrected chi connectivity index (χ2v) is 8.31. The lowest BCUT2D eigenvalue weighted by Gasteiger charge is -2.20. The maximum absolute atomic E-state index is 13.2. The Balaban J connectivity index is 1.44. The van der Waals surface area contributed by atoms with Gasteiger partial charge in [-0.25, -0.2) is 0 Å². The minimum atomic E-state index is 0.0262. The van der Waals surface area contributed by atoms with Crippen molar-refractivity contribution in [1.82, 2.24) is 0 Å². The van der Waals surface area contributed by atoms with E-state index >= 15 is 0 Å². The molecular formula is C26H28O2. The monoisotopic (exact) mass is 372 g/mol. The zero-order chi connectivity index (χ0) is 19.5. The summed E-state index contributed by atoms with van der Waals surface area (Å²) in [4.78, 5) is 24.6. The molecule has 3 aliphatic rings. The summed E-state index contributed by atoms with van der Waals surface area (Å²) in [6.07, 6.45) is 19.0. The molecule has 0 aliphatic heterocycles. The molecule has 0 radical (unpaired) electrons. The summed E-state index contributed by atoms with van der Waals surface area (Å²) in [5.74, 6) is 1.41. The molecule has 28 heavy (non-hydrogen) atoms. The van der Waals surface area contributed by atoms with Gasteiger partial charge in [0.05, 0.1) is 0 Å². The number of ketones is 2. The van der Waals surface area contributed by atoms with Crippen LogP contribution in [0.4, 0.5) is 0 Å². The van der Waals surface area contributed by atoms with E-state index in [4.69, 9.17) is 0 Å². The number of carbonyl (C=O) groups is 2. The molecule has 2 unspecified atom stereocenters. The van der Waals surface area contributed by atoms with Gasteiger partial charge >= 0.3 is 0 Å². The van der Waals surface area contributed by atoms with E-state index in [0.29, 0.717) is 24.0 Å². The van der Waals surface area contributed by atoms with Gasteiger partial charge in [0.2, 0.25) is 0 Å². The highest BCUT2D eigenvalue weighted by molar-refractivity contribution is 5.94. The highest BCUT2D eigenvalue weighted by Crippen LogP contribution is 2.44. The van der Waals surface area contributed by atoms with Gasteiger partial charge in [0, 0.05) is 17.9 Å². The zero-order valence-corrected chi connectivity index (χ0v) is 16.6. The smallest absolute Gasteiger partial charge is 0.159 e. The maximum Gasteiger partial charge on any atom is 0.159 e. The van der Waals surface area contributed by atoms with Crippen LogP contribution >= 0.6 is 0 Å². The Kier molecular flexibility index (Phi) is 5.57. The molecule has 0 N–H and O–H groups in total. The van der Waals surface area contributed by atoms with E-state index in [0.717, 1.165) is 43.2 Å². The van der Waals surface area contributed by atoms with E-state index in [1.807, 2.05) is 24.3 Å². The number of carbonyl (C=O) groups excluding carboxylic acids is 2. The Morgan fingerprint density at radius 3 is 2.39 bits per heavy atom. The molecule has 3 aliphatic carbocycles. The average molecular weight is 373 g/mol. The molecule has 0 spiro atoms. The summed E-state index contributed by atoms with van der Waals surface area (Å²) in [6, 6.07) is 7.68. The first kappa shape index (κ1) is 18.9. The number of hydrogen-bond donors (Lipinski definition) is 0. The summed E-state index contributed by atoms with van der Waals surface area (Å²) < 4.78 is 0. The molecule has 144 valence electrons. The Hall–Kier alpha value is -2.48. The Morgan fingerprint density at radius 1 is 1.00 bits per heavy atom. The normalized spacial score (nSPS) is 23.9. The van der Waals surface area contributed by atoms with Crippen molar-refractivity contribution in [2.45, 2.75) is 45.4 Å².